The third kappa shape index (κ3) is 4.06. The molecule has 1 heterocycles. The number of carboxylic acids is 1. The molecule has 0 fully saturated rings. The maximum Gasteiger partial charge on any atom is 0.356 e. The molecule has 0 bridgehead atoms. The summed E-state index contributed by atoms with van der Waals surface area (Å²) in [4.78, 5) is 18.3. The Morgan fingerprint density at radius 2 is 2.31 bits per heavy atom. The summed E-state index contributed by atoms with van der Waals surface area (Å²) in [7, 11) is 0. The van der Waals surface area contributed by atoms with E-state index in [1.54, 1.807) is 0 Å². The molecule has 1 aromatic rings. The second-order valence-electron chi connectivity index (χ2n) is 3.35. The van der Waals surface area contributed by atoms with Gasteiger partial charge in [-0.05, 0) is 12.7 Å². The fourth-order valence-corrected chi connectivity index (χ4v) is 1.40. The van der Waals surface area contributed by atoms with Crippen LogP contribution >= 0.6 is 11.8 Å². The van der Waals surface area contributed by atoms with E-state index in [4.69, 9.17) is 5.11 Å². The summed E-state index contributed by atoms with van der Waals surface area (Å²) in [6, 6.07) is 0. The van der Waals surface area contributed by atoms with Crippen molar-refractivity contribution in [1.29, 1.82) is 0 Å². The van der Waals surface area contributed by atoms with Crippen molar-refractivity contribution in [3.8, 4) is 0 Å². The molecule has 0 saturated carbocycles. The summed E-state index contributed by atoms with van der Waals surface area (Å²) < 4.78 is 0. The minimum absolute atomic E-state index is 0.0389. The van der Waals surface area contributed by atoms with Gasteiger partial charge >= 0.3 is 5.97 Å². The number of nitrogens with one attached hydrogen (secondary N) is 1. The first-order chi connectivity index (χ1) is 7.63. The molecule has 88 valence electrons. The highest BCUT2D eigenvalue weighted by atomic mass is 32.2. The normalized spacial score (nSPS) is 12.1. The third-order valence-electron chi connectivity index (χ3n) is 2.13. The molecule has 1 aromatic heterocycles. The molecule has 0 aromatic carbocycles. The van der Waals surface area contributed by atoms with E-state index in [1.165, 1.54) is 12.4 Å². The molecule has 0 saturated heterocycles. The summed E-state index contributed by atoms with van der Waals surface area (Å²) in [6.45, 7) is 2.97. The molecule has 1 atom stereocenters. The zero-order valence-corrected chi connectivity index (χ0v) is 10.1. The zero-order valence-electron chi connectivity index (χ0n) is 9.30. The minimum Gasteiger partial charge on any atom is -0.476 e. The van der Waals surface area contributed by atoms with Gasteiger partial charge in [-0.25, -0.2) is 14.8 Å². The van der Waals surface area contributed by atoms with Crippen LogP contribution in [-0.2, 0) is 0 Å². The van der Waals surface area contributed by atoms with Crippen LogP contribution in [-0.4, -0.2) is 39.1 Å². The molecule has 0 aliphatic carbocycles. The van der Waals surface area contributed by atoms with Crippen molar-refractivity contribution in [3.63, 3.8) is 0 Å². The molecule has 5 nitrogen and oxygen atoms in total. The van der Waals surface area contributed by atoms with Gasteiger partial charge in [0.05, 0.1) is 12.4 Å². The predicted molar refractivity (Wildman–Crippen MR) is 65.1 cm³/mol. The second-order valence-corrected chi connectivity index (χ2v) is 4.63. The number of carboxylic acid groups (broad SMARTS) is 1. The number of nitrogens with zero attached hydrogens (tertiary/aromatic N) is 2. The quantitative estimate of drug-likeness (QED) is 0.790. The number of hydrogen-bond donors (Lipinski definition) is 2. The van der Waals surface area contributed by atoms with Crippen molar-refractivity contribution < 1.29 is 9.90 Å². The molecule has 1 rings (SSSR count). The van der Waals surface area contributed by atoms with Crippen LogP contribution in [0.3, 0.4) is 0 Å². The van der Waals surface area contributed by atoms with Crippen molar-refractivity contribution in [1.82, 2.24) is 9.97 Å². The van der Waals surface area contributed by atoms with Gasteiger partial charge in [-0.3, -0.25) is 0 Å². The molecule has 6 heteroatoms. The van der Waals surface area contributed by atoms with Gasteiger partial charge in [0, 0.05) is 11.8 Å². The van der Waals surface area contributed by atoms with Crippen molar-refractivity contribution in [2.45, 2.75) is 18.6 Å². The second kappa shape index (κ2) is 6.32. The Kier molecular flexibility index (Phi) is 5.04. The molecule has 0 spiro atoms. The monoisotopic (exact) mass is 241 g/mol. The van der Waals surface area contributed by atoms with Crippen LogP contribution in [0.25, 0.3) is 0 Å². The number of aromatic carboxylic acids is 1. The molecule has 0 aliphatic heterocycles. The highest BCUT2D eigenvalue weighted by Gasteiger charge is 2.04. The van der Waals surface area contributed by atoms with Gasteiger partial charge in [-0.15, -0.1) is 0 Å². The Morgan fingerprint density at radius 1 is 1.56 bits per heavy atom. The lowest BCUT2D eigenvalue weighted by molar-refractivity contribution is 0.0690. The zero-order chi connectivity index (χ0) is 12.0. The Hall–Kier alpha value is -1.30. The third-order valence-corrected chi connectivity index (χ3v) is 3.17. The predicted octanol–water partition coefficient (Wildman–Crippen LogP) is 1.73. The van der Waals surface area contributed by atoms with Crippen molar-refractivity contribution in [3.05, 3.63) is 18.1 Å². The first kappa shape index (κ1) is 12.8. The Morgan fingerprint density at radius 3 is 2.81 bits per heavy atom. The number of rotatable bonds is 6. The minimum atomic E-state index is -1.06. The SMILES string of the molecule is CSC(C)CCNc1cnc(C(=O)O)cn1. The fourth-order valence-electron chi connectivity index (χ4n) is 1.05. The summed E-state index contributed by atoms with van der Waals surface area (Å²) >= 11 is 1.81. The average Bonchev–Trinajstić information content (AvgIpc) is 2.29. The average molecular weight is 241 g/mol. The van der Waals surface area contributed by atoms with Gasteiger partial charge in [0.2, 0.25) is 0 Å². The molecule has 16 heavy (non-hydrogen) atoms. The number of hydrogen-bond acceptors (Lipinski definition) is 5. The molecule has 0 amide bonds. The van der Waals surface area contributed by atoms with E-state index >= 15 is 0 Å². The maximum absolute atomic E-state index is 10.5. The number of anilines is 1. The smallest absolute Gasteiger partial charge is 0.356 e. The summed E-state index contributed by atoms with van der Waals surface area (Å²) in [5.74, 6) is -0.451. The Balaban J connectivity index is 2.40. The maximum atomic E-state index is 10.5. The van der Waals surface area contributed by atoms with Gasteiger partial charge in [0.15, 0.2) is 5.69 Å². The molecule has 1 unspecified atom stereocenters. The Bertz CT molecular complexity index is 342. The standard InChI is InChI=1S/C10H15N3O2S/c1-7(16-2)3-4-11-9-6-12-8(5-13-9)10(14)15/h5-7H,3-4H2,1-2H3,(H,11,13)(H,14,15). The number of aromatic nitrogens is 2. The van der Waals surface area contributed by atoms with Crippen LogP contribution in [0.2, 0.25) is 0 Å². The van der Waals surface area contributed by atoms with Gasteiger partial charge in [0.1, 0.15) is 5.82 Å². The van der Waals surface area contributed by atoms with Gasteiger partial charge in [-0.1, -0.05) is 6.92 Å². The largest absolute Gasteiger partial charge is 0.476 e. The van der Waals surface area contributed by atoms with E-state index in [0.29, 0.717) is 11.1 Å². The van der Waals surface area contributed by atoms with E-state index in [9.17, 15) is 4.79 Å². The molecule has 2 N–H and O–H groups in total. The lowest BCUT2D eigenvalue weighted by atomic mass is 10.3. The fraction of sp³-hybridized carbons (Fsp3) is 0.500. The van der Waals surface area contributed by atoms with Gasteiger partial charge in [0.25, 0.3) is 0 Å². The van der Waals surface area contributed by atoms with E-state index in [2.05, 4.69) is 28.5 Å². The van der Waals surface area contributed by atoms with Crippen LogP contribution < -0.4 is 5.32 Å². The van der Waals surface area contributed by atoms with Crippen molar-refractivity contribution in [2.24, 2.45) is 0 Å². The highest BCUT2D eigenvalue weighted by Crippen LogP contribution is 2.09. The van der Waals surface area contributed by atoms with E-state index in [1.807, 2.05) is 11.8 Å². The summed E-state index contributed by atoms with van der Waals surface area (Å²) in [5.41, 5.74) is -0.0389. The number of thioether (sulfide) groups is 1. The molecule has 0 aliphatic rings. The van der Waals surface area contributed by atoms with Crippen LogP contribution in [0.4, 0.5) is 5.82 Å². The van der Waals surface area contributed by atoms with Crippen molar-refractivity contribution >= 4 is 23.5 Å². The first-order valence-electron chi connectivity index (χ1n) is 4.95. The summed E-state index contributed by atoms with van der Waals surface area (Å²) in [5, 5.41) is 12.3. The summed E-state index contributed by atoms with van der Waals surface area (Å²) in [6.07, 6.45) is 5.80. The van der Waals surface area contributed by atoms with Gasteiger partial charge < -0.3 is 10.4 Å². The van der Waals surface area contributed by atoms with Crippen LogP contribution in [0.5, 0.6) is 0 Å². The lowest BCUT2D eigenvalue weighted by Gasteiger charge is -2.09. The molecule has 0 radical (unpaired) electrons. The van der Waals surface area contributed by atoms with Gasteiger partial charge in [-0.2, -0.15) is 11.8 Å². The highest BCUT2D eigenvalue weighted by molar-refractivity contribution is 7.99. The number of carbonyl (C=O) groups is 1. The van der Waals surface area contributed by atoms with E-state index < -0.39 is 5.97 Å². The lowest BCUT2D eigenvalue weighted by Crippen LogP contribution is -2.10. The van der Waals surface area contributed by atoms with Crippen LogP contribution in [0.15, 0.2) is 12.4 Å². The van der Waals surface area contributed by atoms with Crippen LogP contribution in [0, 0.1) is 0 Å². The molecular formula is C10H15N3O2S. The topological polar surface area (TPSA) is 75.1 Å². The van der Waals surface area contributed by atoms with Crippen molar-refractivity contribution in [2.75, 3.05) is 18.1 Å². The molecular weight excluding hydrogens is 226 g/mol. The van der Waals surface area contributed by atoms with Crippen LogP contribution in [0.1, 0.15) is 23.8 Å². The van der Waals surface area contributed by atoms with E-state index in [0.717, 1.165) is 13.0 Å². The first-order valence-corrected chi connectivity index (χ1v) is 6.24. The Labute approximate surface area is 98.7 Å². The van der Waals surface area contributed by atoms with E-state index in [-0.39, 0.29) is 5.69 Å².